The van der Waals surface area contributed by atoms with Crippen LogP contribution in [-0.4, -0.2) is 5.11 Å². The van der Waals surface area contributed by atoms with Crippen molar-refractivity contribution in [3.8, 4) is 0 Å². The number of aliphatic hydroxyl groups excluding tert-OH is 1. The standard InChI is InChI=1S/C6H8N2O/c1-3-5(2)6(9)4-8-7/h3-4H,1-2H3/p+1/b5-3+,6-4-. The molecule has 0 rings (SSSR count). The zero-order valence-corrected chi connectivity index (χ0v) is 5.50. The number of rotatable bonds is 1. The smallest absolute Gasteiger partial charge is 0.391 e. The molecule has 0 aromatic carbocycles. The molecule has 0 saturated heterocycles. The van der Waals surface area contributed by atoms with Gasteiger partial charge in [0.15, 0.2) is 4.98 Å². The van der Waals surface area contributed by atoms with Crippen LogP contribution in [0.4, 0.5) is 0 Å². The molecule has 0 spiro atoms. The Hall–Kier alpha value is -1.30. The van der Waals surface area contributed by atoms with Gasteiger partial charge in [0.2, 0.25) is 11.2 Å². The van der Waals surface area contributed by atoms with Gasteiger partial charge in [0, 0.05) is 0 Å². The summed E-state index contributed by atoms with van der Waals surface area (Å²) in [6.45, 7) is 3.51. The van der Waals surface area contributed by atoms with Crippen molar-refractivity contribution in [2.75, 3.05) is 0 Å². The second-order valence-electron chi connectivity index (χ2n) is 1.60. The van der Waals surface area contributed by atoms with Gasteiger partial charge < -0.3 is 5.11 Å². The van der Waals surface area contributed by atoms with Gasteiger partial charge in [-0.3, -0.25) is 0 Å². The summed E-state index contributed by atoms with van der Waals surface area (Å²) in [6.07, 6.45) is 2.70. The lowest BCUT2D eigenvalue weighted by molar-refractivity contribution is 0.423. The molecule has 0 saturated carbocycles. The molecule has 1 N–H and O–H groups in total. The van der Waals surface area contributed by atoms with Crippen LogP contribution in [-0.2, 0) is 0 Å². The van der Waals surface area contributed by atoms with Crippen LogP contribution in [0.25, 0.3) is 4.98 Å². The summed E-state index contributed by atoms with van der Waals surface area (Å²) in [5.74, 6) is -0.0139. The minimum atomic E-state index is -0.0139. The molecule has 0 aliphatic heterocycles. The highest BCUT2D eigenvalue weighted by Gasteiger charge is 1.98. The summed E-state index contributed by atoms with van der Waals surface area (Å²) >= 11 is 0. The third-order valence-corrected chi connectivity index (χ3v) is 1.02. The van der Waals surface area contributed by atoms with E-state index in [1.165, 1.54) is 0 Å². The minimum Gasteiger partial charge on any atom is -0.502 e. The van der Waals surface area contributed by atoms with Gasteiger partial charge >= 0.3 is 6.20 Å². The molecule has 0 atom stereocenters. The highest BCUT2D eigenvalue weighted by Crippen LogP contribution is 2.03. The maximum absolute atomic E-state index is 8.86. The first kappa shape index (κ1) is 7.70. The van der Waals surface area contributed by atoms with Gasteiger partial charge in [-0.2, -0.15) is 0 Å². The first-order valence-electron chi connectivity index (χ1n) is 2.59. The van der Waals surface area contributed by atoms with Gasteiger partial charge in [-0.15, -0.1) is 0 Å². The van der Waals surface area contributed by atoms with Gasteiger partial charge in [-0.25, -0.2) is 0 Å². The van der Waals surface area contributed by atoms with E-state index in [0.29, 0.717) is 5.57 Å². The van der Waals surface area contributed by atoms with E-state index in [4.69, 9.17) is 10.5 Å². The molecule has 0 heterocycles. The van der Waals surface area contributed by atoms with E-state index < -0.39 is 0 Å². The van der Waals surface area contributed by atoms with Crippen LogP contribution in [0.2, 0.25) is 0 Å². The molecular formula is C6H9N2O+. The second-order valence-corrected chi connectivity index (χ2v) is 1.60. The van der Waals surface area contributed by atoms with Crippen molar-refractivity contribution in [1.82, 2.24) is 0 Å². The van der Waals surface area contributed by atoms with E-state index in [0.717, 1.165) is 6.20 Å². The molecule has 48 valence electrons. The molecule has 0 aliphatic carbocycles. The summed E-state index contributed by atoms with van der Waals surface area (Å²) in [6, 6.07) is 0. The summed E-state index contributed by atoms with van der Waals surface area (Å²) in [4.78, 5) is 2.65. The van der Waals surface area contributed by atoms with Crippen LogP contribution in [0.15, 0.2) is 23.6 Å². The van der Waals surface area contributed by atoms with E-state index in [1.54, 1.807) is 19.9 Å². The maximum atomic E-state index is 8.86. The fraction of sp³-hybridized carbons (Fsp3) is 0.333. The quantitative estimate of drug-likeness (QED) is 0.332. The lowest BCUT2D eigenvalue weighted by atomic mass is 10.2. The lowest BCUT2D eigenvalue weighted by Crippen LogP contribution is -1.79. The Balaban J connectivity index is 4.25. The van der Waals surface area contributed by atoms with Crippen molar-refractivity contribution in [3.63, 3.8) is 0 Å². The number of hydrogen-bond acceptors (Lipinski definition) is 2. The predicted molar refractivity (Wildman–Crippen MR) is 35.2 cm³/mol. The van der Waals surface area contributed by atoms with E-state index >= 15 is 0 Å². The summed E-state index contributed by atoms with van der Waals surface area (Å²) in [5.41, 5.74) is 0.688. The minimum absolute atomic E-state index is 0.0139. The van der Waals surface area contributed by atoms with Crippen LogP contribution in [0.3, 0.4) is 0 Å². The zero-order chi connectivity index (χ0) is 7.28. The number of aliphatic hydroxyl groups is 1. The van der Waals surface area contributed by atoms with Crippen LogP contribution < -0.4 is 0 Å². The number of diazo groups is 1. The molecule has 3 heteroatoms. The maximum Gasteiger partial charge on any atom is 0.391 e. The summed E-state index contributed by atoms with van der Waals surface area (Å²) < 4.78 is 0. The van der Waals surface area contributed by atoms with Gasteiger partial charge in [0.1, 0.15) is 0 Å². The highest BCUT2D eigenvalue weighted by molar-refractivity contribution is 5.22. The molecule has 0 unspecified atom stereocenters. The molecule has 9 heavy (non-hydrogen) atoms. The normalized spacial score (nSPS) is 13.0. The third kappa shape index (κ3) is 2.50. The number of hydrogen-bond donors (Lipinski definition) is 1. The first-order chi connectivity index (χ1) is 4.22. The molecule has 0 aromatic rings. The topological polar surface area (TPSA) is 48.4 Å². The Morgan fingerprint density at radius 3 is 2.56 bits per heavy atom. The van der Waals surface area contributed by atoms with E-state index in [1.807, 2.05) is 0 Å². The summed E-state index contributed by atoms with van der Waals surface area (Å²) in [5, 5.41) is 16.8. The second kappa shape index (κ2) is 3.67. The van der Waals surface area contributed by atoms with Crippen molar-refractivity contribution in [2.24, 2.45) is 0 Å². The zero-order valence-electron chi connectivity index (χ0n) is 5.50. The fourth-order valence-electron chi connectivity index (χ4n) is 0.304. The average Bonchev–Trinajstić information content (AvgIpc) is 1.87. The molecule has 0 aliphatic rings. The summed E-state index contributed by atoms with van der Waals surface area (Å²) in [7, 11) is 0. The molecule has 0 amide bonds. The van der Waals surface area contributed by atoms with Gasteiger partial charge in [0.25, 0.3) is 0 Å². The van der Waals surface area contributed by atoms with Gasteiger partial charge in [-0.1, -0.05) is 6.08 Å². The monoisotopic (exact) mass is 125 g/mol. The Bertz CT molecular complexity index is 186. The molecular weight excluding hydrogens is 116 g/mol. The van der Waals surface area contributed by atoms with Crippen LogP contribution >= 0.6 is 0 Å². The van der Waals surface area contributed by atoms with Crippen molar-refractivity contribution >= 4 is 0 Å². The van der Waals surface area contributed by atoms with Crippen molar-refractivity contribution in [2.45, 2.75) is 13.8 Å². The van der Waals surface area contributed by atoms with Crippen molar-refractivity contribution < 1.29 is 5.11 Å². The van der Waals surface area contributed by atoms with Crippen LogP contribution in [0.1, 0.15) is 13.8 Å². The number of nitrogens with zero attached hydrogens (tertiary/aromatic N) is 2. The first-order valence-corrected chi connectivity index (χ1v) is 2.59. The Kier molecular flexibility index (Phi) is 3.14. The Labute approximate surface area is 53.9 Å². The largest absolute Gasteiger partial charge is 0.502 e. The molecule has 3 nitrogen and oxygen atoms in total. The predicted octanol–water partition coefficient (Wildman–Crippen LogP) is 2.21. The van der Waals surface area contributed by atoms with Gasteiger partial charge in [-0.05, 0) is 19.4 Å². The fourth-order valence-corrected chi connectivity index (χ4v) is 0.304. The van der Waals surface area contributed by atoms with Crippen LogP contribution in [0, 0.1) is 5.39 Å². The van der Waals surface area contributed by atoms with E-state index in [2.05, 4.69) is 4.98 Å². The van der Waals surface area contributed by atoms with Crippen LogP contribution in [0.5, 0.6) is 0 Å². The highest BCUT2D eigenvalue weighted by atomic mass is 16.3. The molecule has 0 aromatic heterocycles. The van der Waals surface area contributed by atoms with E-state index in [-0.39, 0.29) is 5.76 Å². The average molecular weight is 125 g/mol. The molecule has 0 bridgehead atoms. The third-order valence-electron chi connectivity index (χ3n) is 1.02. The number of allylic oxidation sites excluding steroid dienone is 2. The molecule has 0 radical (unpaired) electrons. The van der Waals surface area contributed by atoms with Crippen molar-refractivity contribution in [1.29, 1.82) is 5.39 Å². The van der Waals surface area contributed by atoms with Gasteiger partial charge in [0.05, 0.1) is 0 Å². The SMILES string of the molecule is C/C=C(C)/C(O)=C/[N+]#N. The lowest BCUT2D eigenvalue weighted by Gasteiger charge is -1.88. The molecule has 0 fully saturated rings. The van der Waals surface area contributed by atoms with Crippen molar-refractivity contribution in [3.05, 3.63) is 28.6 Å². The Morgan fingerprint density at radius 2 is 2.22 bits per heavy atom. The van der Waals surface area contributed by atoms with E-state index in [9.17, 15) is 0 Å². The Morgan fingerprint density at radius 1 is 1.67 bits per heavy atom.